The predicted molar refractivity (Wildman–Crippen MR) is 151 cm³/mol. The van der Waals surface area contributed by atoms with Crippen LogP contribution in [-0.4, -0.2) is 20.5 Å². The fourth-order valence-electron chi connectivity index (χ4n) is 4.84. The van der Waals surface area contributed by atoms with Crippen LogP contribution in [0.2, 0.25) is 10.0 Å². The molecular formula is C29H23Cl2FN4O2S. The Morgan fingerprint density at radius 2 is 1.82 bits per heavy atom. The summed E-state index contributed by atoms with van der Waals surface area (Å²) in [5, 5.41) is 9.75. The van der Waals surface area contributed by atoms with Gasteiger partial charge in [0, 0.05) is 34.0 Å². The number of ether oxygens (including phenoxy) is 1. The van der Waals surface area contributed by atoms with E-state index in [0.29, 0.717) is 50.2 Å². The number of hydrogen-bond acceptors (Lipinski definition) is 6. The third-order valence-electron chi connectivity index (χ3n) is 6.80. The molecule has 1 aliphatic heterocycles. The zero-order chi connectivity index (χ0) is 26.9. The average Bonchev–Trinajstić information content (AvgIpc) is 3.34. The van der Waals surface area contributed by atoms with Gasteiger partial charge < -0.3 is 10.1 Å². The Bertz CT molecular complexity index is 1570. The minimum atomic E-state index is -0.415. The molecule has 0 saturated heterocycles. The van der Waals surface area contributed by atoms with E-state index in [1.54, 1.807) is 16.8 Å². The lowest BCUT2D eigenvalue weighted by Gasteiger charge is -2.32. The summed E-state index contributed by atoms with van der Waals surface area (Å²) in [4.78, 5) is 17.8. The molecule has 0 saturated carbocycles. The molecule has 0 bridgehead atoms. The van der Waals surface area contributed by atoms with Crippen molar-refractivity contribution in [3.05, 3.63) is 111 Å². The molecule has 6 nitrogen and oxygen atoms in total. The lowest BCUT2D eigenvalue weighted by atomic mass is 9.85. The molecule has 3 aromatic carbocycles. The van der Waals surface area contributed by atoms with Gasteiger partial charge in [0.2, 0.25) is 11.1 Å². The molecule has 6 rings (SSSR count). The number of allylic oxidation sites excluding steroid dienone is 2. The van der Waals surface area contributed by atoms with Crippen molar-refractivity contribution in [2.75, 3.05) is 5.32 Å². The topological polar surface area (TPSA) is 69.0 Å². The Labute approximate surface area is 239 Å². The number of ketones is 1. The first-order valence-corrected chi connectivity index (χ1v) is 14.2. The van der Waals surface area contributed by atoms with Crippen molar-refractivity contribution in [2.24, 2.45) is 0 Å². The average molecular weight is 582 g/mol. The van der Waals surface area contributed by atoms with Gasteiger partial charge >= 0.3 is 0 Å². The van der Waals surface area contributed by atoms with Crippen molar-refractivity contribution in [1.82, 2.24) is 14.8 Å². The maximum absolute atomic E-state index is 14.1. The number of Topliss-reactive ketones (excluding diaryl/α,β-unsaturated/α-hetero) is 1. The largest absolute Gasteiger partial charge is 0.489 e. The van der Waals surface area contributed by atoms with Crippen LogP contribution in [0.1, 0.15) is 42.0 Å². The minimum absolute atomic E-state index is 0.00519. The van der Waals surface area contributed by atoms with Crippen LogP contribution in [0.25, 0.3) is 0 Å². The molecule has 2 heterocycles. The van der Waals surface area contributed by atoms with Gasteiger partial charge in [-0.25, -0.2) is 9.07 Å². The van der Waals surface area contributed by atoms with Crippen LogP contribution in [0.3, 0.4) is 0 Å². The molecule has 1 aliphatic carbocycles. The number of halogens is 3. The van der Waals surface area contributed by atoms with Crippen LogP contribution in [-0.2, 0) is 17.2 Å². The monoisotopic (exact) mass is 580 g/mol. The van der Waals surface area contributed by atoms with Gasteiger partial charge in [-0.1, -0.05) is 71.4 Å². The van der Waals surface area contributed by atoms with Gasteiger partial charge in [0.05, 0.1) is 5.02 Å². The predicted octanol–water partition coefficient (Wildman–Crippen LogP) is 7.62. The van der Waals surface area contributed by atoms with Crippen molar-refractivity contribution >= 4 is 46.7 Å². The van der Waals surface area contributed by atoms with E-state index < -0.39 is 11.9 Å². The van der Waals surface area contributed by atoms with Gasteiger partial charge in [-0.3, -0.25) is 4.79 Å². The van der Waals surface area contributed by atoms with Gasteiger partial charge in [-0.05, 0) is 54.3 Å². The van der Waals surface area contributed by atoms with Crippen LogP contribution >= 0.6 is 35.0 Å². The van der Waals surface area contributed by atoms with Gasteiger partial charge in [-0.2, -0.15) is 4.98 Å². The van der Waals surface area contributed by atoms with Gasteiger partial charge in [0.1, 0.15) is 24.2 Å². The lowest BCUT2D eigenvalue weighted by Crippen LogP contribution is -2.31. The lowest BCUT2D eigenvalue weighted by molar-refractivity contribution is -0.116. The number of benzene rings is 3. The van der Waals surface area contributed by atoms with Crippen molar-refractivity contribution in [2.45, 2.75) is 42.8 Å². The number of aromatic nitrogens is 3. The SMILES string of the molecule is O=C1CCCC2=C1C(c1ccc(OCc3c(F)cccc3Cl)cc1)n1nc(SCc3ccccc3Cl)nc1N2. The number of hydrogen-bond donors (Lipinski definition) is 1. The summed E-state index contributed by atoms with van der Waals surface area (Å²) in [6.07, 6.45) is 2.07. The summed E-state index contributed by atoms with van der Waals surface area (Å²) >= 11 is 13.9. The Morgan fingerprint density at radius 3 is 2.62 bits per heavy atom. The third-order valence-corrected chi connectivity index (χ3v) is 8.41. The number of nitrogens with one attached hydrogen (secondary N) is 1. The zero-order valence-corrected chi connectivity index (χ0v) is 23.0. The van der Waals surface area contributed by atoms with Crippen molar-refractivity contribution < 1.29 is 13.9 Å². The van der Waals surface area contributed by atoms with Gasteiger partial charge in [0.15, 0.2) is 5.78 Å². The Kier molecular flexibility index (Phi) is 7.34. The second-order valence-corrected chi connectivity index (χ2v) is 11.1. The second kappa shape index (κ2) is 11.0. The van der Waals surface area contributed by atoms with Crippen molar-refractivity contribution in [3.63, 3.8) is 0 Å². The highest BCUT2D eigenvalue weighted by molar-refractivity contribution is 7.98. The van der Waals surface area contributed by atoms with Crippen molar-refractivity contribution in [1.29, 1.82) is 0 Å². The Morgan fingerprint density at radius 1 is 1.03 bits per heavy atom. The first-order valence-electron chi connectivity index (χ1n) is 12.5. The number of carbonyl (C=O) groups is 1. The highest BCUT2D eigenvalue weighted by Gasteiger charge is 2.36. The van der Waals surface area contributed by atoms with E-state index in [2.05, 4.69) is 5.32 Å². The molecule has 0 amide bonds. The van der Waals surface area contributed by atoms with E-state index in [4.69, 9.17) is 38.0 Å². The van der Waals surface area contributed by atoms with Gasteiger partial charge in [-0.15, -0.1) is 5.10 Å². The highest BCUT2D eigenvalue weighted by Crippen LogP contribution is 2.41. The molecule has 4 aromatic rings. The number of fused-ring (bicyclic) bond motifs is 1. The molecule has 39 heavy (non-hydrogen) atoms. The highest BCUT2D eigenvalue weighted by atomic mass is 35.5. The zero-order valence-electron chi connectivity index (χ0n) is 20.7. The Balaban J connectivity index is 1.27. The number of rotatable bonds is 7. The molecule has 1 unspecified atom stereocenters. The fourth-order valence-corrected chi connectivity index (χ4v) is 6.17. The molecule has 1 atom stereocenters. The molecule has 1 N–H and O–H groups in total. The molecular weight excluding hydrogens is 558 g/mol. The first kappa shape index (κ1) is 25.9. The maximum atomic E-state index is 14.1. The van der Waals surface area contributed by atoms with Crippen LogP contribution in [0.5, 0.6) is 5.75 Å². The summed E-state index contributed by atoms with van der Waals surface area (Å²) in [6.45, 7) is 0.00519. The number of anilines is 1. The number of thioether (sulfide) groups is 1. The molecule has 0 radical (unpaired) electrons. The first-order chi connectivity index (χ1) is 19.0. The number of carbonyl (C=O) groups excluding carboxylic acids is 1. The minimum Gasteiger partial charge on any atom is -0.489 e. The number of nitrogens with zero attached hydrogens (tertiary/aromatic N) is 3. The van der Waals surface area contributed by atoms with Crippen LogP contribution in [0, 0.1) is 5.82 Å². The van der Waals surface area contributed by atoms with E-state index in [1.807, 2.05) is 48.5 Å². The van der Waals surface area contributed by atoms with E-state index in [9.17, 15) is 9.18 Å². The smallest absolute Gasteiger partial charge is 0.227 e. The van der Waals surface area contributed by atoms with E-state index >= 15 is 0 Å². The molecule has 0 fully saturated rings. The molecule has 198 valence electrons. The summed E-state index contributed by atoms with van der Waals surface area (Å²) in [7, 11) is 0. The molecule has 1 aromatic heterocycles. The standard InChI is InChI=1S/C29H23Cl2FN4O2S/c30-21-6-2-1-5-18(21)16-39-29-34-28-33-24-9-4-10-25(37)26(24)27(36(28)35-29)17-11-13-19(14-12-17)38-15-20-22(31)7-3-8-23(20)32/h1-3,5-8,11-14,27H,4,9-10,15-16H2,(H,33,34,35). The van der Waals surface area contributed by atoms with Crippen LogP contribution < -0.4 is 10.1 Å². The van der Waals surface area contributed by atoms with E-state index in [1.165, 1.54) is 17.8 Å². The van der Waals surface area contributed by atoms with E-state index in [0.717, 1.165) is 29.7 Å². The third kappa shape index (κ3) is 5.29. The maximum Gasteiger partial charge on any atom is 0.227 e. The van der Waals surface area contributed by atoms with E-state index in [-0.39, 0.29) is 12.4 Å². The summed E-state index contributed by atoms with van der Waals surface area (Å²) in [5.41, 5.74) is 3.80. The summed E-state index contributed by atoms with van der Waals surface area (Å²) in [5.74, 6) is 1.48. The summed E-state index contributed by atoms with van der Waals surface area (Å²) < 4.78 is 21.7. The molecule has 10 heteroatoms. The van der Waals surface area contributed by atoms with Gasteiger partial charge in [0.25, 0.3) is 0 Å². The molecule has 0 spiro atoms. The van der Waals surface area contributed by atoms with Crippen LogP contribution in [0.4, 0.5) is 10.3 Å². The Hall–Kier alpha value is -3.33. The quantitative estimate of drug-likeness (QED) is 0.227. The fraction of sp³-hybridized carbons (Fsp3) is 0.207. The normalized spacial score (nSPS) is 16.5. The second-order valence-electron chi connectivity index (χ2n) is 9.30. The summed E-state index contributed by atoms with van der Waals surface area (Å²) in [6, 6.07) is 19.3. The molecule has 2 aliphatic rings. The van der Waals surface area contributed by atoms with Crippen LogP contribution in [0.15, 0.2) is 83.2 Å². The van der Waals surface area contributed by atoms with Crippen molar-refractivity contribution in [3.8, 4) is 5.75 Å².